The van der Waals surface area contributed by atoms with Gasteiger partial charge in [0.05, 0.1) is 5.56 Å². The molecule has 0 aliphatic carbocycles. The monoisotopic (exact) mass is 323 g/mol. The number of aliphatic hydroxyl groups is 1. The van der Waals surface area contributed by atoms with Crippen LogP contribution < -0.4 is 0 Å². The number of aromatic amines is 1. The highest BCUT2D eigenvalue weighted by atomic mass is 16.5. The van der Waals surface area contributed by atoms with E-state index in [1.807, 2.05) is 55.5 Å². The lowest BCUT2D eigenvalue weighted by Gasteiger charge is -2.06. The van der Waals surface area contributed by atoms with Crippen molar-refractivity contribution < 1.29 is 14.6 Å². The van der Waals surface area contributed by atoms with Gasteiger partial charge in [0.15, 0.2) is 0 Å². The molecule has 0 fully saturated rings. The van der Waals surface area contributed by atoms with Crippen LogP contribution in [0.2, 0.25) is 0 Å². The quantitative estimate of drug-likeness (QED) is 0.679. The summed E-state index contributed by atoms with van der Waals surface area (Å²) in [6.45, 7) is 2.30. The minimum Gasteiger partial charge on any atom is -0.457 e. The van der Waals surface area contributed by atoms with E-state index >= 15 is 0 Å². The van der Waals surface area contributed by atoms with Crippen LogP contribution in [0.3, 0.4) is 0 Å². The highest BCUT2D eigenvalue weighted by Crippen LogP contribution is 2.25. The molecule has 1 heterocycles. The third kappa shape index (κ3) is 3.49. The molecule has 3 aromatic rings. The highest BCUT2D eigenvalue weighted by Gasteiger charge is 2.18. The van der Waals surface area contributed by atoms with Gasteiger partial charge in [-0.05, 0) is 43.0 Å². The maximum atomic E-state index is 12.6. The van der Waals surface area contributed by atoms with Crippen LogP contribution in [0.25, 0.3) is 10.9 Å². The van der Waals surface area contributed by atoms with Crippen molar-refractivity contribution in [2.24, 2.45) is 0 Å². The van der Waals surface area contributed by atoms with Crippen LogP contribution in [-0.2, 0) is 17.8 Å². The number of aromatic nitrogens is 1. The van der Waals surface area contributed by atoms with E-state index in [9.17, 15) is 4.79 Å². The number of nitrogens with one attached hydrogen (secondary N) is 1. The lowest BCUT2D eigenvalue weighted by atomic mass is 10.0. The van der Waals surface area contributed by atoms with E-state index in [0.29, 0.717) is 12.0 Å². The molecule has 0 aliphatic rings. The van der Waals surface area contributed by atoms with Crippen molar-refractivity contribution in [3.8, 4) is 0 Å². The first-order chi connectivity index (χ1) is 11.7. The highest BCUT2D eigenvalue weighted by molar-refractivity contribution is 6.05. The van der Waals surface area contributed by atoms with Crippen molar-refractivity contribution in [1.82, 2.24) is 4.98 Å². The predicted octanol–water partition coefficient (Wildman–Crippen LogP) is 3.76. The van der Waals surface area contributed by atoms with Gasteiger partial charge in [0.1, 0.15) is 6.61 Å². The molecule has 0 aliphatic heterocycles. The summed E-state index contributed by atoms with van der Waals surface area (Å²) < 4.78 is 5.48. The normalized spacial score (nSPS) is 10.9. The Morgan fingerprint density at radius 1 is 1.12 bits per heavy atom. The predicted molar refractivity (Wildman–Crippen MR) is 94.0 cm³/mol. The molecule has 3 rings (SSSR count). The van der Waals surface area contributed by atoms with E-state index in [-0.39, 0.29) is 19.2 Å². The number of fused-ring (bicyclic) bond motifs is 1. The fraction of sp³-hybridized carbons (Fsp3) is 0.250. The SMILES string of the molecule is Cc1[nH]c2ccc(CCCO)cc2c1C(=O)OCc1ccccc1. The summed E-state index contributed by atoms with van der Waals surface area (Å²) in [5.41, 5.74) is 4.39. The Morgan fingerprint density at radius 3 is 2.67 bits per heavy atom. The lowest BCUT2D eigenvalue weighted by Crippen LogP contribution is -2.06. The number of ether oxygens (including phenoxy) is 1. The van der Waals surface area contributed by atoms with Gasteiger partial charge in [0, 0.05) is 23.2 Å². The van der Waals surface area contributed by atoms with Crippen LogP contribution >= 0.6 is 0 Å². The fourth-order valence-electron chi connectivity index (χ4n) is 2.87. The molecular formula is C20H21NO3. The molecule has 0 saturated heterocycles. The van der Waals surface area contributed by atoms with E-state index in [2.05, 4.69) is 4.98 Å². The summed E-state index contributed by atoms with van der Waals surface area (Å²) in [6.07, 6.45) is 1.50. The van der Waals surface area contributed by atoms with E-state index < -0.39 is 0 Å². The maximum Gasteiger partial charge on any atom is 0.340 e. The zero-order valence-electron chi connectivity index (χ0n) is 13.7. The molecular weight excluding hydrogens is 302 g/mol. The summed E-state index contributed by atoms with van der Waals surface area (Å²) in [5, 5.41) is 9.86. The number of H-pyrrole nitrogens is 1. The summed E-state index contributed by atoms with van der Waals surface area (Å²) in [7, 11) is 0. The summed E-state index contributed by atoms with van der Waals surface area (Å²) in [4.78, 5) is 15.8. The summed E-state index contributed by atoms with van der Waals surface area (Å²) in [6, 6.07) is 15.7. The van der Waals surface area contributed by atoms with E-state index in [1.54, 1.807) is 0 Å². The second-order valence-corrected chi connectivity index (χ2v) is 5.89. The van der Waals surface area contributed by atoms with Crippen molar-refractivity contribution in [1.29, 1.82) is 0 Å². The summed E-state index contributed by atoms with van der Waals surface area (Å²) >= 11 is 0. The van der Waals surface area contributed by atoms with Gasteiger partial charge in [0.2, 0.25) is 0 Å². The molecule has 0 amide bonds. The fourth-order valence-corrected chi connectivity index (χ4v) is 2.87. The Bertz CT molecular complexity index is 837. The molecule has 0 atom stereocenters. The molecule has 2 aromatic carbocycles. The van der Waals surface area contributed by atoms with Crippen LogP contribution in [0.4, 0.5) is 0 Å². The van der Waals surface area contributed by atoms with Crippen molar-refractivity contribution in [2.45, 2.75) is 26.4 Å². The Morgan fingerprint density at radius 2 is 1.92 bits per heavy atom. The van der Waals surface area contributed by atoms with Gasteiger partial charge < -0.3 is 14.8 Å². The molecule has 0 unspecified atom stereocenters. The standard InChI is InChI=1S/C20H21NO3/c1-14-19(20(23)24-13-16-6-3-2-4-7-16)17-12-15(8-5-11-22)9-10-18(17)21-14/h2-4,6-7,9-10,12,21-22H,5,8,11,13H2,1H3. The van der Waals surface area contributed by atoms with Crippen LogP contribution in [0.5, 0.6) is 0 Å². The molecule has 4 heteroatoms. The molecule has 0 saturated carbocycles. The number of benzene rings is 2. The third-order valence-corrected chi connectivity index (χ3v) is 4.09. The Hall–Kier alpha value is -2.59. The Balaban J connectivity index is 1.84. The minimum absolute atomic E-state index is 0.163. The zero-order chi connectivity index (χ0) is 16.9. The zero-order valence-corrected chi connectivity index (χ0v) is 13.7. The largest absolute Gasteiger partial charge is 0.457 e. The number of aryl methyl sites for hydroxylation is 2. The number of hydrogen-bond donors (Lipinski definition) is 2. The number of rotatable bonds is 6. The van der Waals surface area contributed by atoms with Crippen LogP contribution in [0.15, 0.2) is 48.5 Å². The average molecular weight is 323 g/mol. The van der Waals surface area contributed by atoms with Crippen LogP contribution in [0.1, 0.15) is 33.6 Å². The maximum absolute atomic E-state index is 12.6. The van der Waals surface area contributed by atoms with Gasteiger partial charge in [-0.15, -0.1) is 0 Å². The van der Waals surface area contributed by atoms with E-state index in [4.69, 9.17) is 9.84 Å². The smallest absolute Gasteiger partial charge is 0.340 e. The number of aliphatic hydroxyl groups excluding tert-OH is 1. The minimum atomic E-state index is -0.318. The molecule has 2 N–H and O–H groups in total. The first-order valence-electron chi connectivity index (χ1n) is 8.12. The van der Waals surface area contributed by atoms with E-state index in [0.717, 1.165) is 34.1 Å². The molecule has 24 heavy (non-hydrogen) atoms. The average Bonchev–Trinajstić information content (AvgIpc) is 2.94. The van der Waals surface area contributed by atoms with Crippen molar-refractivity contribution in [3.05, 3.63) is 70.9 Å². The second kappa shape index (κ2) is 7.32. The number of carbonyl (C=O) groups excluding carboxylic acids is 1. The number of hydrogen-bond acceptors (Lipinski definition) is 3. The van der Waals surface area contributed by atoms with Gasteiger partial charge in [-0.3, -0.25) is 0 Å². The van der Waals surface area contributed by atoms with Crippen molar-refractivity contribution in [3.63, 3.8) is 0 Å². The van der Waals surface area contributed by atoms with Crippen molar-refractivity contribution >= 4 is 16.9 Å². The molecule has 0 bridgehead atoms. The lowest BCUT2D eigenvalue weighted by molar-refractivity contribution is 0.0474. The molecule has 124 valence electrons. The van der Waals surface area contributed by atoms with Crippen LogP contribution in [0, 0.1) is 6.92 Å². The second-order valence-electron chi connectivity index (χ2n) is 5.89. The van der Waals surface area contributed by atoms with Gasteiger partial charge in [-0.2, -0.15) is 0 Å². The van der Waals surface area contributed by atoms with Gasteiger partial charge in [0.25, 0.3) is 0 Å². The first-order valence-corrected chi connectivity index (χ1v) is 8.12. The van der Waals surface area contributed by atoms with Crippen LogP contribution in [-0.4, -0.2) is 22.7 Å². The number of carbonyl (C=O) groups is 1. The molecule has 1 aromatic heterocycles. The molecule has 0 radical (unpaired) electrons. The number of esters is 1. The van der Waals surface area contributed by atoms with Gasteiger partial charge in [-0.25, -0.2) is 4.79 Å². The van der Waals surface area contributed by atoms with E-state index in [1.165, 1.54) is 0 Å². The summed E-state index contributed by atoms with van der Waals surface area (Å²) in [5.74, 6) is -0.318. The van der Waals surface area contributed by atoms with Gasteiger partial charge in [-0.1, -0.05) is 36.4 Å². The third-order valence-electron chi connectivity index (χ3n) is 4.09. The topological polar surface area (TPSA) is 62.3 Å². The first kappa shape index (κ1) is 16.3. The van der Waals surface area contributed by atoms with Gasteiger partial charge >= 0.3 is 5.97 Å². The Labute approximate surface area is 141 Å². The molecule has 0 spiro atoms. The molecule has 4 nitrogen and oxygen atoms in total. The van der Waals surface area contributed by atoms with Crippen molar-refractivity contribution in [2.75, 3.05) is 6.61 Å². The Kier molecular flexibility index (Phi) is 4.96.